The fraction of sp³-hybridized carbons (Fsp3) is 0.158. The summed E-state index contributed by atoms with van der Waals surface area (Å²) in [4.78, 5) is 0. The van der Waals surface area contributed by atoms with E-state index >= 15 is 0 Å². The van der Waals surface area contributed by atoms with Gasteiger partial charge in [0.25, 0.3) is 0 Å². The molecule has 0 amide bonds. The van der Waals surface area contributed by atoms with E-state index in [9.17, 15) is 10.3 Å². The molecule has 5 nitrogen and oxygen atoms in total. The maximum atomic E-state index is 11.1. The van der Waals surface area contributed by atoms with Crippen LogP contribution in [0.1, 0.15) is 22.5 Å². The largest absolute Gasteiger partial charge is 0.761 e. The lowest BCUT2D eigenvalue weighted by atomic mass is 9.96. The number of furan rings is 1. The minimum Gasteiger partial charge on any atom is -0.761 e. The molecule has 0 saturated carbocycles. The first kappa shape index (κ1) is 16.1. The third-order valence-electron chi connectivity index (χ3n) is 4.01. The lowest BCUT2D eigenvalue weighted by Gasteiger charge is -2.15. The molecule has 2 aromatic carbocycles. The van der Waals surface area contributed by atoms with Crippen LogP contribution in [0.15, 0.2) is 53.1 Å². The Morgan fingerprint density at radius 1 is 1.29 bits per heavy atom. The minimum atomic E-state index is -0.123. The number of ether oxygens (including phenoxy) is 1. The Morgan fingerprint density at radius 2 is 2.08 bits per heavy atom. The first-order valence-electron chi connectivity index (χ1n) is 7.53. The Labute approximate surface area is 139 Å². The van der Waals surface area contributed by atoms with Gasteiger partial charge in [0.15, 0.2) is 0 Å². The molecule has 3 rings (SSSR count). The number of aliphatic hydroxyl groups is 1. The molecule has 5 heteroatoms. The number of nitrogens with one attached hydrogen (secondary N) is 1. The molecular formula is C19H18NO4-. The molecule has 0 aliphatic heterocycles. The van der Waals surface area contributed by atoms with Crippen molar-refractivity contribution in [3.05, 3.63) is 76.3 Å². The Morgan fingerprint density at radius 3 is 2.75 bits per heavy atom. The number of hydrogen-bond donors (Lipinski definition) is 2. The van der Waals surface area contributed by atoms with Crippen LogP contribution < -0.4 is 10.2 Å². The van der Waals surface area contributed by atoms with E-state index in [0.717, 1.165) is 22.1 Å². The summed E-state index contributed by atoms with van der Waals surface area (Å²) >= 11 is 0. The fourth-order valence-corrected chi connectivity index (χ4v) is 2.78. The molecule has 0 bridgehead atoms. The molecule has 0 aliphatic rings. The van der Waals surface area contributed by atoms with Gasteiger partial charge in [0, 0.05) is 11.0 Å². The van der Waals surface area contributed by atoms with Gasteiger partial charge in [-0.2, -0.15) is 0 Å². The van der Waals surface area contributed by atoms with E-state index in [-0.39, 0.29) is 6.61 Å². The van der Waals surface area contributed by atoms with Gasteiger partial charge in [0.05, 0.1) is 13.7 Å². The maximum Gasteiger partial charge on any atom is 0.137 e. The monoisotopic (exact) mass is 324 g/mol. The van der Waals surface area contributed by atoms with Gasteiger partial charge in [0.2, 0.25) is 0 Å². The van der Waals surface area contributed by atoms with Crippen molar-refractivity contribution >= 4 is 16.5 Å². The second-order valence-electron chi connectivity index (χ2n) is 5.45. The maximum absolute atomic E-state index is 11.1. The molecule has 0 radical (unpaired) electrons. The van der Waals surface area contributed by atoms with Crippen molar-refractivity contribution in [1.29, 1.82) is 0 Å². The van der Waals surface area contributed by atoms with Crippen LogP contribution in [0.5, 0.6) is 5.75 Å². The molecular weight excluding hydrogens is 306 g/mol. The second kappa shape index (κ2) is 6.78. The van der Waals surface area contributed by atoms with E-state index in [1.807, 2.05) is 48.8 Å². The van der Waals surface area contributed by atoms with Crippen molar-refractivity contribution in [2.24, 2.45) is 0 Å². The molecule has 0 spiro atoms. The number of fused-ring (bicyclic) bond motifs is 1. The number of para-hydroxylation sites is 1. The van der Waals surface area contributed by atoms with Crippen molar-refractivity contribution in [3.8, 4) is 5.75 Å². The van der Waals surface area contributed by atoms with Crippen molar-refractivity contribution in [1.82, 2.24) is 5.48 Å². The molecule has 0 aliphatic carbocycles. The van der Waals surface area contributed by atoms with Crippen LogP contribution in [0.2, 0.25) is 0 Å². The summed E-state index contributed by atoms with van der Waals surface area (Å²) in [5.41, 5.74) is 5.50. The van der Waals surface area contributed by atoms with Crippen LogP contribution in [-0.4, -0.2) is 12.2 Å². The first-order valence-corrected chi connectivity index (χ1v) is 7.53. The third kappa shape index (κ3) is 2.87. The van der Waals surface area contributed by atoms with Crippen LogP contribution in [0.3, 0.4) is 0 Å². The summed E-state index contributed by atoms with van der Waals surface area (Å²) < 4.78 is 11.3. The molecule has 0 unspecified atom stereocenters. The summed E-state index contributed by atoms with van der Waals surface area (Å²) in [7, 11) is 1.57. The SMILES string of the molecule is COc1cc(CO)cc(/C(=C\N[O-])c2cc3ccccc3o2)c1C. The number of benzene rings is 2. The van der Waals surface area contributed by atoms with Gasteiger partial charge in [-0.15, -0.1) is 0 Å². The van der Waals surface area contributed by atoms with Crippen LogP contribution in [0.25, 0.3) is 16.5 Å². The van der Waals surface area contributed by atoms with Crippen molar-refractivity contribution < 1.29 is 14.3 Å². The second-order valence-corrected chi connectivity index (χ2v) is 5.45. The average molecular weight is 324 g/mol. The zero-order valence-corrected chi connectivity index (χ0v) is 13.5. The van der Waals surface area contributed by atoms with Gasteiger partial charge < -0.3 is 24.9 Å². The summed E-state index contributed by atoms with van der Waals surface area (Å²) in [6.45, 7) is 1.78. The van der Waals surface area contributed by atoms with E-state index in [1.165, 1.54) is 6.20 Å². The molecule has 0 saturated heterocycles. The van der Waals surface area contributed by atoms with Crippen molar-refractivity contribution in [2.45, 2.75) is 13.5 Å². The van der Waals surface area contributed by atoms with E-state index < -0.39 is 0 Å². The number of hydroxylamine groups is 1. The summed E-state index contributed by atoms with van der Waals surface area (Å²) in [5.74, 6) is 1.21. The molecule has 124 valence electrons. The third-order valence-corrected chi connectivity index (χ3v) is 4.01. The smallest absolute Gasteiger partial charge is 0.137 e. The molecule has 0 atom stereocenters. The standard InChI is InChI=1S/C19H18NO4/c1-12-15(7-13(11-21)8-18(12)23-2)16(10-20-22)19-9-14-5-3-4-6-17(14)24-19/h3-10,20-21H,11H2,1-2H3/q-1/b16-10+. The van der Waals surface area contributed by atoms with Gasteiger partial charge in [-0.25, -0.2) is 0 Å². The van der Waals surface area contributed by atoms with Crippen LogP contribution in [0, 0.1) is 12.1 Å². The Kier molecular flexibility index (Phi) is 4.55. The van der Waals surface area contributed by atoms with E-state index in [1.54, 1.807) is 13.2 Å². The van der Waals surface area contributed by atoms with Gasteiger partial charge in [-0.1, -0.05) is 18.2 Å². The number of rotatable bonds is 5. The van der Waals surface area contributed by atoms with Crippen LogP contribution in [0.4, 0.5) is 0 Å². The normalized spacial score (nSPS) is 11.8. The predicted octanol–water partition coefficient (Wildman–Crippen LogP) is 3.72. The highest BCUT2D eigenvalue weighted by Crippen LogP contribution is 2.34. The summed E-state index contributed by atoms with van der Waals surface area (Å²) in [5, 5.41) is 21.5. The number of hydrogen-bond acceptors (Lipinski definition) is 5. The van der Waals surface area contributed by atoms with Crippen molar-refractivity contribution in [3.63, 3.8) is 0 Å². The lowest BCUT2D eigenvalue weighted by Crippen LogP contribution is -2.01. The van der Waals surface area contributed by atoms with E-state index in [2.05, 4.69) is 0 Å². The minimum absolute atomic E-state index is 0.123. The van der Waals surface area contributed by atoms with E-state index in [4.69, 9.17) is 9.15 Å². The lowest BCUT2D eigenvalue weighted by molar-refractivity contribution is 0.281. The topological polar surface area (TPSA) is 77.7 Å². The van der Waals surface area contributed by atoms with Gasteiger partial charge in [0.1, 0.15) is 17.1 Å². The highest BCUT2D eigenvalue weighted by Gasteiger charge is 2.16. The molecule has 1 heterocycles. The fourth-order valence-electron chi connectivity index (χ4n) is 2.78. The highest BCUT2D eigenvalue weighted by atomic mass is 16.5. The van der Waals surface area contributed by atoms with Crippen molar-refractivity contribution in [2.75, 3.05) is 7.11 Å². The Balaban J connectivity index is 2.20. The van der Waals surface area contributed by atoms with Crippen LogP contribution >= 0.6 is 0 Å². The number of methoxy groups -OCH3 is 1. The Hall–Kier alpha value is -2.76. The van der Waals surface area contributed by atoms with Crippen LogP contribution in [-0.2, 0) is 6.61 Å². The zero-order chi connectivity index (χ0) is 17.1. The molecule has 3 aromatic rings. The Bertz CT molecular complexity index is 863. The molecule has 0 fully saturated rings. The predicted molar refractivity (Wildman–Crippen MR) is 93.4 cm³/mol. The summed E-state index contributed by atoms with van der Waals surface area (Å²) in [6, 6.07) is 13.1. The van der Waals surface area contributed by atoms with E-state index in [0.29, 0.717) is 22.6 Å². The van der Waals surface area contributed by atoms with Gasteiger partial charge >= 0.3 is 0 Å². The molecule has 2 N–H and O–H groups in total. The van der Waals surface area contributed by atoms with Gasteiger partial charge in [-0.3, -0.25) is 0 Å². The molecule has 1 aromatic heterocycles. The van der Waals surface area contributed by atoms with Gasteiger partial charge in [-0.05, 0) is 54.1 Å². The zero-order valence-electron chi connectivity index (χ0n) is 13.5. The number of aliphatic hydroxyl groups excluding tert-OH is 1. The quantitative estimate of drug-likeness (QED) is 0.699. The summed E-state index contributed by atoms with van der Waals surface area (Å²) in [6.07, 6.45) is 1.35. The molecule has 24 heavy (non-hydrogen) atoms. The highest BCUT2D eigenvalue weighted by molar-refractivity contribution is 5.87. The average Bonchev–Trinajstić information content (AvgIpc) is 3.04. The first-order chi connectivity index (χ1) is 11.7.